The predicted octanol–water partition coefficient (Wildman–Crippen LogP) is 3.50. The molecular formula is C25H36N2O4. The van der Waals surface area contributed by atoms with E-state index in [4.69, 9.17) is 4.74 Å². The van der Waals surface area contributed by atoms with Crippen molar-refractivity contribution in [1.29, 1.82) is 0 Å². The van der Waals surface area contributed by atoms with Gasteiger partial charge in [0.25, 0.3) is 0 Å². The SMILES string of the molecule is CC(C)(C)OC(=O)NC(Cc1ccccc1)C(O)CNCc1cccc(C(C)(C)O)c1. The van der Waals surface area contributed by atoms with E-state index in [9.17, 15) is 15.0 Å². The highest BCUT2D eigenvalue weighted by Gasteiger charge is 2.25. The molecule has 31 heavy (non-hydrogen) atoms. The van der Waals surface area contributed by atoms with Crippen molar-refractivity contribution in [3.05, 3.63) is 71.3 Å². The largest absolute Gasteiger partial charge is 0.444 e. The lowest BCUT2D eigenvalue weighted by Crippen LogP contribution is -2.49. The van der Waals surface area contributed by atoms with Gasteiger partial charge in [-0.15, -0.1) is 0 Å². The summed E-state index contributed by atoms with van der Waals surface area (Å²) >= 11 is 0. The van der Waals surface area contributed by atoms with Crippen molar-refractivity contribution >= 4 is 6.09 Å². The normalized spacial score (nSPS) is 14.0. The molecule has 6 nitrogen and oxygen atoms in total. The summed E-state index contributed by atoms with van der Waals surface area (Å²) in [7, 11) is 0. The molecule has 4 N–H and O–H groups in total. The van der Waals surface area contributed by atoms with Crippen molar-refractivity contribution in [1.82, 2.24) is 10.6 Å². The second-order valence-electron chi connectivity index (χ2n) is 9.40. The molecule has 0 spiro atoms. The first kappa shape index (κ1) is 24.9. The highest BCUT2D eigenvalue weighted by Crippen LogP contribution is 2.20. The molecule has 2 aromatic carbocycles. The zero-order chi connectivity index (χ0) is 23.1. The third kappa shape index (κ3) is 9.09. The molecule has 0 saturated heterocycles. The molecule has 0 heterocycles. The third-order valence-corrected chi connectivity index (χ3v) is 4.78. The summed E-state index contributed by atoms with van der Waals surface area (Å²) in [6, 6.07) is 16.9. The highest BCUT2D eigenvalue weighted by atomic mass is 16.6. The molecule has 2 aromatic rings. The van der Waals surface area contributed by atoms with Crippen LogP contribution in [0.5, 0.6) is 0 Å². The van der Waals surface area contributed by atoms with Crippen LogP contribution in [0.15, 0.2) is 54.6 Å². The summed E-state index contributed by atoms with van der Waals surface area (Å²) < 4.78 is 5.37. The van der Waals surface area contributed by atoms with Gasteiger partial charge in [0.1, 0.15) is 5.60 Å². The Labute approximate surface area is 185 Å². The molecule has 0 saturated carbocycles. The van der Waals surface area contributed by atoms with Gasteiger partial charge in [-0.1, -0.05) is 54.6 Å². The lowest BCUT2D eigenvalue weighted by molar-refractivity contribution is 0.0422. The molecule has 1 amide bonds. The number of amides is 1. The van der Waals surface area contributed by atoms with Crippen LogP contribution >= 0.6 is 0 Å². The van der Waals surface area contributed by atoms with Gasteiger partial charge in [-0.05, 0) is 57.7 Å². The number of rotatable bonds is 9. The number of ether oxygens (including phenoxy) is 1. The first-order chi connectivity index (χ1) is 14.4. The van der Waals surface area contributed by atoms with Crippen LogP contribution in [0.25, 0.3) is 0 Å². The molecule has 0 bridgehead atoms. The Balaban J connectivity index is 1.99. The summed E-state index contributed by atoms with van der Waals surface area (Å²) in [4.78, 5) is 12.3. The second-order valence-corrected chi connectivity index (χ2v) is 9.40. The van der Waals surface area contributed by atoms with Gasteiger partial charge in [0.05, 0.1) is 17.7 Å². The molecule has 0 aliphatic heterocycles. The molecule has 2 unspecified atom stereocenters. The Morgan fingerprint density at radius 2 is 1.65 bits per heavy atom. The number of benzene rings is 2. The van der Waals surface area contributed by atoms with E-state index in [1.807, 2.05) is 54.6 Å². The fraction of sp³-hybridized carbons (Fsp3) is 0.480. The zero-order valence-corrected chi connectivity index (χ0v) is 19.2. The van der Waals surface area contributed by atoms with Crippen LogP contribution in [-0.4, -0.2) is 40.6 Å². The zero-order valence-electron chi connectivity index (χ0n) is 19.2. The first-order valence-corrected chi connectivity index (χ1v) is 10.7. The number of hydrogen-bond acceptors (Lipinski definition) is 5. The lowest BCUT2D eigenvalue weighted by Gasteiger charge is -2.27. The number of alkyl carbamates (subject to hydrolysis) is 1. The maximum atomic E-state index is 12.3. The van der Waals surface area contributed by atoms with Crippen molar-refractivity contribution in [3.8, 4) is 0 Å². The van der Waals surface area contributed by atoms with Crippen molar-refractivity contribution in [2.45, 2.75) is 70.9 Å². The Morgan fingerprint density at radius 1 is 1.00 bits per heavy atom. The third-order valence-electron chi connectivity index (χ3n) is 4.78. The van der Waals surface area contributed by atoms with Crippen molar-refractivity contribution in [2.75, 3.05) is 6.54 Å². The molecule has 0 radical (unpaired) electrons. The van der Waals surface area contributed by atoms with E-state index in [1.165, 1.54) is 0 Å². The minimum absolute atomic E-state index is 0.292. The quantitative estimate of drug-likeness (QED) is 0.491. The molecule has 0 aromatic heterocycles. The number of aliphatic hydroxyl groups is 2. The molecule has 2 rings (SSSR count). The Hall–Kier alpha value is -2.41. The van der Waals surface area contributed by atoms with E-state index in [-0.39, 0.29) is 0 Å². The summed E-state index contributed by atoms with van der Waals surface area (Å²) in [5.74, 6) is 0. The van der Waals surface area contributed by atoms with Crippen LogP contribution in [0.3, 0.4) is 0 Å². The van der Waals surface area contributed by atoms with E-state index in [0.717, 1.165) is 16.7 Å². The van der Waals surface area contributed by atoms with Crippen LogP contribution in [0.2, 0.25) is 0 Å². The Bertz CT molecular complexity index is 825. The van der Waals surface area contributed by atoms with Crippen LogP contribution < -0.4 is 10.6 Å². The van der Waals surface area contributed by atoms with Crippen molar-refractivity contribution in [2.24, 2.45) is 0 Å². The van der Waals surface area contributed by atoms with Gasteiger partial charge in [0.15, 0.2) is 0 Å². The van der Waals surface area contributed by atoms with Gasteiger partial charge in [-0.25, -0.2) is 4.79 Å². The minimum atomic E-state index is -0.909. The standard InChI is InChI=1S/C25H36N2O4/c1-24(2,3)31-23(29)27-21(15-18-10-7-6-8-11-18)22(28)17-26-16-19-12-9-13-20(14-19)25(4,5)30/h6-14,21-22,26,28,30H,15-17H2,1-5H3,(H,27,29). The summed E-state index contributed by atoms with van der Waals surface area (Å²) in [5.41, 5.74) is 1.33. The Morgan fingerprint density at radius 3 is 2.26 bits per heavy atom. The Kier molecular flexibility index (Phi) is 8.62. The van der Waals surface area contributed by atoms with Crippen molar-refractivity contribution < 1.29 is 19.7 Å². The van der Waals surface area contributed by atoms with E-state index in [1.54, 1.807) is 34.6 Å². The number of carbonyl (C=O) groups excluding carboxylic acids is 1. The van der Waals surface area contributed by atoms with Gasteiger partial charge >= 0.3 is 6.09 Å². The van der Waals surface area contributed by atoms with Crippen LogP contribution in [0, 0.1) is 0 Å². The monoisotopic (exact) mass is 428 g/mol. The second kappa shape index (κ2) is 10.8. The van der Waals surface area contributed by atoms with Gasteiger partial charge in [0, 0.05) is 13.1 Å². The topological polar surface area (TPSA) is 90.8 Å². The molecule has 6 heteroatoms. The van der Waals surface area contributed by atoms with Gasteiger partial charge in [-0.2, -0.15) is 0 Å². The van der Waals surface area contributed by atoms with Crippen LogP contribution in [-0.2, 0) is 23.3 Å². The minimum Gasteiger partial charge on any atom is -0.444 e. The van der Waals surface area contributed by atoms with Crippen LogP contribution in [0.1, 0.15) is 51.3 Å². The summed E-state index contributed by atoms with van der Waals surface area (Å²) in [6.45, 7) is 9.74. The average Bonchev–Trinajstić information content (AvgIpc) is 2.66. The van der Waals surface area contributed by atoms with E-state index < -0.39 is 29.4 Å². The number of carbonyl (C=O) groups is 1. The molecule has 170 valence electrons. The maximum absolute atomic E-state index is 12.3. The van der Waals surface area contributed by atoms with Gasteiger partial charge in [0.2, 0.25) is 0 Å². The smallest absolute Gasteiger partial charge is 0.407 e. The fourth-order valence-corrected chi connectivity index (χ4v) is 3.18. The molecule has 2 atom stereocenters. The summed E-state index contributed by atoms with van der Waals surface area (Å²) in [5, 5.41) is 27.1. The lowest BCUT2D eigenvalue weighted by atomic mass is 9.96. The molecule has 0 aliphatic carbocycles. The van der Waals surface area contributed by atoms with Crippen LogP contribution in [0.4, 0.5) is 4.79 Å². The maximum Gasteiger partial charge on any atom is 0.407 e. The molecule has 0 fully saturated rings. The first-order valence-electron chi connectivity index (χ1n) is 10.7. The van der Waals surface area contributed by atoms with E-state index >= 15 is 0 Å². The van der Waals surface area contributed by atoms with Gasteiger partial charge < -0.3 is 25.6 Å². The molecule has 0 aliphatic rings. The molecular weight excluding hydrogens is 392 g/mol. The number of aliphatic hydroxyl groups excluding tert-OH is 1. The van der Waals surface area contributed by atoms with Crippen molar-refractivity contribution in [3.63, 3.8) is 0 Å². The van der Waals surface area contributed by atoms with E-state index in [2.05, 4.69) is 10.6 Å². The van der Waals surface area contributed by atoms with Gasteiger partial charge in [-0.3, -0.25) is 0 Å². The number of hydrogen-bond donors (Lipinski definition) is 4. The summed E-state index contributed by atoms with van der Waals surface area (Å²) in [6.07, 6.45) is -0.882. The highest BCUT2D eigenvalue weighted by molar-refractivity contribution is 5.68. The van der Waals surface area contributed by atoms with E-state index in [0.29, 0.717) is 19.5 Å². The average molecular weight is 429 g/mol. The fourth-order valence-electron chi connectivity index (χ4n) is 3.18. The predicted molar refractivity (Wildman–Crippen MR) is 123 cm³/mol. The number of nitrogens with one attached hydrogen (secondary N) is 2.